The fourth-order valence-electron chi connectivity index (χ4n) is 5.69. The molecule has 0 fully saturated rings. The van der Waals surface area contributed by atoms with Crippen molar-refractivity contribution in [2.24, 2.45) is 0 Å². The summed E-state index contributed by atoms with van der Waals surface area (Å²) >= 11 is 0. The number of phenolic OH excluding ortho intramolecular Hbond substituents is 1. The van der Waals surface area contributed by atoms with E-state index in [1.807, 2.05) is 98.8 Å². The van der Waals surface area contributed by atoms with Crippen LogP contribution in [-0.4, -0.2) is 54.4 Å². The number of anilines is 1. The maximum Gasteiger partial charge on any atom is 1.00 e. The Labute approximate surface area is 310 Å². The second-order valence-corrected chi connectivity index (χ2v) is 13.9. The summed E-state index contributed by atoms with van der Waals surface area (Å²) in [6, 6.07) is 28.5. The zero-order valence-electron chi connectivity index (χ0n) is 27.5. The summed E-state index contributed by atoms with van der Waals surface area (Å²) in [4.78, 5) is 0.0357. The Kier molecular flexibility index (Phi) is 12.6. The summed E-state index contributed by atoms with van der Waals surface area (Å²) in [5, 5.41) is 10.6. The number of hydrogen-bond donors (Lipinski definition) is 1. The van der Waals surface area contributed by atoms with Crippen molar-refractivity contribution < 1.29 is 65.2 Å². The van der Waals surface area contributed by atoms with Gasteiger partial charge in [-0.1, -0.05) is 72.8 Å². The summed E-state index contributed by atoms with van der Waals surface area (Å²) in [6.45, 7) is 6.80. The van der Waals surface area contributed by atoms with Crippen LogP contribution in [0.25, 0.3) is 5.57 Å². The molecule has 9 nitrogen and oxygen atoms in total. The number of allylic oxidation sites excluding steroid dienone is 5. The second kappa shape index (κ2) is 16.3. The van der Waals surface area contributed by atoms with Gasteiger partial charge in [0.05, 0.1) is 9.79 Å². The van der Waals surface area contributed by atoms with Crippen LogP contribution in [0.4, 0.5) is 5.69 Å². The first-order valence-electron chi connectivity index (χ1n) is 15.3. The van der Waals surface area contributed by atoms with E-state index in [0.717, 1.165) is 28.6 Å². The molecule has 0 bridgehead atoms. The monoisotopic (exact) mass is 706 g/mol. The molecule has 0 atom stereocenters. The molecule has 248 valence electrons. The van der Waals surface area contributed by atoms with Gasteiger partial charge in [-0.3, -0.25) is 0 Å². The van der Waals surface area contributed by atoms with Gasteiger partial charge in [0.25, 0.3) is 0 Å². The van der Waals surface area contributed by atoms with E-state index in [1.54, 1.807) is 24.3 Å². The molecule has 0 aliphatic heterocycles. The number of aromatic hydroxyl groups is 1. The van der Waals surface area contributed by atoms with Crippen LogP contribution in [0.3, 0.4) is 0 Å². The third-order valence-electron chi connectivity index (χ3n) is 8.11. The van der Waals surface area contributed by atoms with Crippen molar-refractivity contribution in [2.75, 3.05) is 18.0 Å². The van der Waals surface area contributed by atoms with Gasteiger partial charge in [-0.05, 0) is 72.5 Å². The predicted octanol–water partition coefficient (Wildman–Crippen LogP) is 2.83. The van der Waals surface area contributed by atoms with Crippen molar-refractivity contribution in [3.8, 4) is 5.75 Å². The zero-order chi connectivity index (χ0) is 34.5. The van der Waals surface area contributed by atoms with Crippen molar-refractivity contribution >= 4 is 37.2 Å². The number of nitrogens with zero attached hydrogens (tertiary/aromatic N) is 2. The topological polar surface area (TPSA) is 141 Å². The molecule has 4 aromatic rings. The first-order valence-corrected chi connectivity index (χ1v) is 18.2. The summed E-state index contributed by atoms with van der Waals surface area (Å²) < 4.78 is 75.4. The molecule has 0 aromatic heterocycles. The predicted molar refractivity (Wildman–Crippen MR) is 184 cm³/mol. The second-order valence-electron chi connectivity index (χ2n) is 11.2. The molecule has 1 N–H and O–H groups in total. The maximum atomic E-state index is 12.6. The molecule has 4 aromatic carbocycles. The van der Waals surface area contributed by atoms with Crippen LogP contribution in [0, 0.1) is 0 Å². The van der Waals surface area contributed by atoms with E-state index in [9.17, 15) is 31.0 Å². The van der Waals surface area contributed by atoms with E-state index >= 15 is 0 Å². The molecule has 0 heterocycles. The van der Waals surface area contributed by atoms with Gasteiger partial charge < -0.3 is 19.1 Å². The van der Waals surface area contributed by atoms with Crippen molar-refractivity contribution in [3.63, 3.8) is 0 Å². The average molecular weight is 707 g/mol. The molecular formula is C37H35N2NaO7S2. The maximum absolute atomic E-state index is 12.6. The molecule has 0 spiro atoms. The van der Waals surface area contributed by atoms with Crippen molar-refractivity contribution in [3.05, 3.63) is 149 Å². The minimum absolute atomic E-state index is 0. The number of hydrogen-bond acceptors (Lipinski definition) is 8. The van der Waals surface area contributed by atoms with E-state index in [-0.39, 0.29) is 40.7 Å². The first-order chi connectivity index (χ1) is 22.9. The van der Waals surface area contributed by atoms with Gasteiger partial charge in [0.1, 0.15) is 32.5 Å². The third kappa shape index (κ3) is 9.25. The summed E-state index contributed by atoms with van der Waals surface area (Å²) in [5.41, 5.74) is 5.06. The Morgan fingerprint density at radius 1 is 0.735 bits per heavy atom. The SMILES string of the molecule is CCN(Cc1ccccc1)c1ccc(C(=C2C=CC(=[N+](CC)Cc3ccccc3)C=C2)c2cc(O)c(S(=O)(=O)[O-])cc2S(=O)(=O)[O-])cc1.[Na+]. The Balaban J connectivity index is 0.00000541. The smallest absolute Gasteiger partial charge is 0.744 e. The third-order valence-corrected chi connectivity index (χ3v) is 9.85. The average Bonchev–Trinajstić information content (AvgIpc) is 3.07. The minimum Gasteiger partial charge on any atom is -0.744 e. The summed E-state index contributed by atoms with van der Waals surface area (Å²) in [5.74, 6) is -0.960. The van der Waals surface area contributed by atoms with Gasteiger partial charge in [-0.15, -0.1) is 0 Å². The van der Waals surface area contributed by atoms with Gasteiger partial charge in [0.15, 0.2) is 12.3 Å². The van der Waals surface area contributed by atoms with Crippen LogP contribution in [0.5, 0.6) is 5.75 Å². The Hall–Kier alpha value is -3.81. The minimum atomic E-state index is -5.32. The number of rotatable bonds is 11. The zero-order valence-corrected chi connectivity index (χ0v) is 31.1. The molecule has 0 saturated carbocycles. The quantitative estimate of drug-likeness (QED) is 0.143. The van der Waals surface area contributed by atoms with E-state index < -0.39 is 35.8 Å². The first kappa shape index (κ1) is 38.0. The van der Waals surface area contributed by atoms with Crippen LogP contribution in [-0.2, 0) is 33.3 Å². The molecule has 1 aliphatic rings. The van der Waals surface area contributed by atoms with Crippen molar-refractivity contribution in [2.45, 2.75) is 36.7 Å². The molecule has 0 amide bonds. The van der Waals surface area contributed by atoms with Crippen LogP contribution in [0.15, 0.2) is 137 Å². The molecule has 1 aliphatic carbocycles. The van der Waals surface area contributed by atoms with E-state index in [2.05, 4.69) is 9.48 Å². The van der Waals surface area contributed by atoms with Crippen molar-refractivity contribution in [1.82, 2.24) is 0 Å². The van der Waals surface area contributed by atoms with Crippen molar-refractivity contribution in [1.29, 1.82) is 0 Å². The molecule has 12 heteroatoms. The molecular weight excluding hydrogens is 672 g/mol. The van der Waals surface area contributed by atoms with Gasteiger partial charge in [-0.25, -0.2) is 21.4 Å². The molecule has 5 rings (SSSR count). The standard InChI is InChI=1S/C37H36N2O7S2.Na/c1-3-38(25-27-11-7-5-8-12-27)31-19-15-29(16-20-31)37(33-23-34(40)36(48(44,45)46)24-35(33)47(41,42)43)30-17-21-32(22-18-30)39(4-2)26-28-13-9-6-10-14-28;/h5-24H,3-4,25-26H2,1-2H3,(H2-,40,41,42,43,44,45,46);/q;+1/p-1. The van der Waals surface area contributed by atoms with E-state index in [1.165, 1.54) is 0 Å². The molecule has 0 unspecified atom stereocenters. The van der Waals surface area contributed by atoms with E-state index in [0.29, 0.717) is 43.4 Å². The largest absolute Gasteiger partial charge is 1.00 e. The number of benzene rings is 4. The number of phenols is 1. The fourth-order valence-corrected chi connectivity index (χ4v) is 7.03. The van der Waals surface area contributed by atoms with Crippen LogP contribution in [0.1, 0.15) is 36.1 Å². The Bertz CT molecular complexity index is 2130. The van der Waals surface area contributed by atoms with Crippen LogP contribution >= 0.6 is 0 Å². The van der Waals surface area contributed by atoms with Gasteiger partial charge in [0.2, 0.25) is 0 Å². The van der Waals surface area contributed by atoms with Crippen LogP contribution in [0.2, 0.25) is 0 Å². The normalized spacial score (nSPS) is 12.8. The van der Waals surface area contributed by atoms with Gasteiger partial charge >= 0.3 is 29.6 Å². The van der Waals surface area contributed by atoms with Crippen LogP contribution < -0.4 is 34.5 Å². The summed E-state index contributed by atoms with van der Waals surface area (Å²) in [6.07, 6.45) is 7.29. The fraction of sp³-hybridized carbons (Fsp3) is 0.162. The Morgan fingerprint density at radius 2 is 1.29 bits per heavy atom. The molecule has 0 saturated heterocycles. The molecule has 0 radical (unpaired) electrons. The summed E-state index contributed by atoms with van der Waals surface area (Å²) in [7, 11) is -10.6. The van der Waals surface area contributed by atoms with Gasteiger partial charge in [0, 0.05) is 42.1 Å². The van der Waals surface area contributed by atoms with E-state index in [4.69, 9.17) is 0 Å². The Morgan fingerprint density at radius 3 is 1.80 bits per heavy atom. The van der Waals surface area contributed by atoms with Gasteiger partial charge in [-0.2, -0.15) is 0 Å². The molecule has 49 heavy (non-hydrogen) atoms.